The normalized spacial score (nSPS) is 12.2. The number of anilines is 2. The molecule has 11 heteroatoms. The first kappa shape index (κ1) is 19.9. The summed E-state index contributed by atoms with van der Waals surface area (Å²) in [6, 6.07) is 12.9. The molecular weight excluding hydrogens is 395 g/mol. The lowest BCUT2D eigenvalue weighted by atomic mass is 10.2. The molecule has 0 bridgehead atoms. The highest BCUT2D eigenvalue weighted by atomic mass is 32.2. The van der Waals surface area contributed by atoms with Gasteiger partial charge in [-0.1, -0.05) is 30.3 Å². The predicted octanol–water partition coefficient (Wildman–Crippen LogP) is 2.74. The zero-order valence-electron chi connectivity index (χ0n) is 14.3. The molecule has 0 fully saturated rings. The van der Waals surface area contributed by atoms with Crippen LogP contribution in [0, 0.1) is 0 Å². The minimum absolute atomic E-state index is 0.0186. The first-order valence-corrected chi connectivity index (χ1v) is 9.50. The lowest BCUT2D eigenvalue weighted by Gasteiger charge is -2.14. The largest absolute Gasteiger partial charge is 0.435 e. The van der Waals surface area contributed by atoms with Gasteiger partial charge in [0.05, 0.1) is 11.4 Å². The molecule has 0 saturated heterocycles. The van der Waals surface area contributed by atoms with Gasteiger partial charge in [0.25, 0.3) is 0 Å². The van der Waals surface area contributed by atoms with E-state index < -0.39 is 21.9 Å². The second-order valence-electron chi connectivity index (χ2n) is 5.82. The van der Waals surface area contributed by atoms with E-state index in [1.165, 1.54) is 24.3 Å². The third kappa shape index (κ3) is 4.01. The molecule has 0 saturated carbocycles. The van der Waals surface area contributed by atoms with E-state index in [1.807, 2.05) is 0 Å². The lowest BCUT2D eigenvalue weighted by Crippen LogP contribution is -2.15. The molecular formula is C17H16F3N5O2S. The Kier molecular flexibility index (Phi) is 5.15. The number of primary sulfonamides is 1. The van der Waals surface area contributed by atoms with Crippen LogP contribution in [0.2, 0.25) is 0 Å². The maximum absolute atomic E-state index is 13.2. The van der Waals surface area contributed by atoms with E-state index in [9.17, 15) is 21.6 Å². The Morgan fingerprint density at radius 1 is 1.07 bits per heavy atom. The number of sulfonamides is 1. The predicted molar refractivity (Wildman–Crippen MR) is 97.6 cm³/mol. The topological polar surface area (TPSA) is 116 Å². The van der Waals surface area contributed by atoms with Crippen LogP contribution >= 0.6 is 0 Å². The van der Waals surface area contributed by atoms with E-state index in [-0.39, 0.29) is 22.9 Å². The van der Waals surface area contributed by atoms with Gasteiger partial charge in [-0.25, -0.2) is 18.2 Å². The number of hydrogen-bond acceptors (Lipinski definition) is 5. The van der Waals surface area contributed by atoms with Gasteiger partial charge in [0.1, 0.15) is 10.7 Å². The number of halogens is 3. The molecule has 1 heterocycles. The summed E-state index contributed by atoms with van der Waals surface area (Å²) in [5.74, 6) is -0.0932. The van der Waals surface area contributed by atoms with Gasteiger partial charge in [0.15, 0.2) is 5.69 Å². The van der Waals surface area contributed by atoms with E-state index in [0.29, 0.717) is 11.3 Å². The number of para-hydroxylation sites is 2. The quantitative estimate of drug-likeness (QED) is 0.597. The van der Waals surface area contributed by atoms with E-state index in [2.05, 4.69) is 10.4 Å². The average molecular weight is 411 g/mol. The van der Waals surface area contributed by atoms with E-state index in [1.54, 1.807) is 24.3 Å². The van der Waals surface area contributed by atoms with Crippen molar-refractivity contribution in [3.63, 3.8) is 0 Å². The summed E-state index contributed by atoms with van der Waals surface area (Å²) >= 11 is 0. The molecule has 3 rings (SSSR count). The number of alkyl halides is 3. The van der Waals surface area contributed by atoms with E-state index >= 15 is 0 Å². The molecule has 5 N–H and O–H groups in total. The maximum atomic E-state index is 13.2. The molecule has 0 aliphatic heterocycles. The van der Waals surface area contributed by atoms with E-state index in [4.69, 9.17) is 10.9 Å². The van der Waals surface area contributed by atoms with Gasteiger partial charge >= 0.3 is 6.18 Å². The van der Waals surface area contributed by atoms with Crippen LogP contribution in [0.5, 0.6) is 0 Å². The molecule has 0 amide bonds. The molecule has 0 aliphatic carbocycles. The summed E-state index contributed by atoms with van der Waals surface area (Å²) in [4.78, 5) is -0.261. The van der Waals surface area contributed by atoms with Crippen LogP contribution in [0.1, 0.15) is 11.3 Å². The Labute approximate surface area is 158 Å². The van der Waals surface area contributed by atoms with Gasteiger partial charge < -0.3 is 11.1 Å². The number of nitrogens with one attached hydrogen (secondary N) is 1. The molecule has 3 aromatic rings. The zero-order chi connectivity index (χ0) is 20.5. The molecule has 0 spiro atoms. The molecule has 0 atom stereocenters. The molecule has 1 aromatic heterocycles. The molecule has 2 aromatic carbocycles. The molecule has 0 unspecified atom stereocenters. The smallest absolute Gasteiger partial charge is 0.339 e. The van der Waals surface area contributed by atoms with Crippen molar-refractivity contribution >= 4 is 21.5 Å². The van der Waals surface area contributed by atoms with Crippen LogP contribution in [0.25, 0.3) is 5.69 Å². The number of benzene rings is 2. The van der Waals surface area contributed by atoms with Gasteiger partial charge in [-0.3, -0.25) is 0 Å². The third-order valence-corrected chi connectivity index (χ3v) is 4.86. The van der Waals surface area contributed by atoms with Crippen LogP contribution in [-0.4, -0.2) is 18.2 Å². The number of aromatic nitrogens is 2. The Bertz CT molecular complexity index is 1110. The maximum Gasteiger partial charge on any atom is 0.435 e. The molecule has 0 radical (unpaired) electrons. The number of nitrogens with zero attached hydrogens (tertiary/aromatic N) is 2. The summed E-state index contributed by atoms with van der Waals surface area (Å²) in [6.45, 7) is 0.0740. The standard InChI is InChI=1S/C17H16F3N5O2S/c18-17(19,20)15-9-16(23-12-6-2-4-8-14(12)28(22,26)27)25(24-15)13-7-3-1-5-11(13)10-21/h1-9,23H,10,21H2,(H2,22,26,27). The highest BCUT2D eigenvalue weighted by Crippen LogP contribution is 2.33. The second-order valence-corrected chi connectivity index (χ2v) is 7.35. The van der Waals surface area contributed by atoms with Crippen molar-refractivity contribution in [2.45, 2.75) is 17.6 Å². The van der Waals surface area contributed by atoms with E-state index in [0.717, 1.165) is 10.7 Å². The summed E-state index contributed by atoms with van der Waals surface area (Å²) < 4.78 is 64.3. The third-order valence-electron chi connectivity index (χ3n) is 3.90. The van der Waals surface area contributed by atoms with Crippen LogP contribution < -0.4 is 16.2 Å². The Morgan fingerprint density at radius 3 is 2.36 bits per heavy atom. The fraction of sp³-hybridized carbons (Fsp3) is 0.118. The van der Waals surface area contributed by atoms with Crippen LogP contribution in [-0.2, 0) is 22.7 Å². The van der Waals surface area contributed by atoms with Crippen LogP contribution in [0.15, 0.2) is 59.5 Å². The van der Waals surface area contributed by atoms with Crippen molar-refractivity contribution in [1.82, 2.24) is 9.78 Å². The number of rotatable bonds is 5. The van der Waals surface area contributed by atoms with Crippen LogP contribution in [0.3, 0.4) is 0 Å². The van der Waals surface area contributed by atoms with Crippen molar-refractivity contribution in [2.24, 2.45) is 10.9 Å². The SMILES string of the molecule is NCc1ccccc1-n1nc(C(F)(F)F)cc1Nc1ccccc1S(N)(=O)=O. The highest BCUT2D eigenvalue weighted by Gasteiger charge is 2.35. The van der Waals surface area contributed by atoms with Crippen molar-refractivity contribution < 1.29 is 21.6 Å². The summed E-state index contributed by atoms with van der Waals surface area (Å²) in [7, 11) is -4.10. The van der Waals surface area contributed by atoms with Gasteiger partial charge in [-0.2, -0.15) is 18.3 Å². The first-order chi connectivity index (χ1) is 13.1. The average Bonchev–Trinajstić information content (AvgIpc) is 3.05. The van der Waals surface area contributed by atoms with Crippen molar-refractivity contribution in [3.8, 4) is 5.69 Å². The van der Waals surface area contributed by atoms with Crippen molar-refractivity contribution in [3.05, 3.63) is 65.9 Å². The second kappa shape index (κ2) is 7.26. The molecule has 0 aliphatic rings. The number of nitrogens with two attached hydrogens (primary N) is 2. The molecule has 148 valence electrons. The fourth-order valence-electron chi connectivity index (χ4n) is 2.64. The fourth-order valence-corrected chi connectivity index (χ4v) is 3.33. The Hall–Kier alpha value is -2.89. The first-order valence-electron chi connectivity index (χ1n) is 7.95. The minimum atomic E-state index is -4.70. The summed E-state index contributed by atoms with van der Waals surface area (Å²) in [6.07, 6.45) is -4.70. The molecule has 28 heavy (non-hydrogen) atoms. The zero-order valence-corrected chi connectivity index (χ0v) is 15.1. The summed E-state index contributed by atoms with van der Waals surface area (Å²) in [5.41, 5.74) is 5.45. The van der Waals surface area contributed by atoms with Crippen molar-refractivity contribution in [1.29, 1.82) is 0 Å². The van der Waals surface area contributed by atoms with Gasteiger partial charge in [-0.05, 0) is 23.8 Å². The Morgan fingerprint density at radius 2 is 1.71 bits per heavy atom. The molecule has 7 nitrogen and oxygen atoms in total. The summed E-state index contributed by atoms with van der Waals surface area (Å²) in [5, 5.41) is 11.5. The number of hydrogen-bond donors (Lipinski definition) is 3. The van der Waals surface area contributed by atoms with Gasteiger partial charge in [0.2, 0.25) is 10.0 Å². The van der Waals surface area contributed by atoms with Gasteiger partial charge in [-0.15, -0.1) is 0 Å². The monoisotopic (exact) mass is 411 g/mol. The highest BCUT2D eigenvalue weighted by molar-refractivity contribution is 7.89. The minimum Gasteiger partial charge on any atom is -0.339 e. The van der Waals surface area contributed by atoms with Crippen molar-refractivity contribution in [2.75, 3.05) is 5.32 Å². The van der Waals surface area contributed by atoms with Crippen LogP contribution in [0.4, 0.5) is 24.7 Å². The lowest BCUT2D eigenvalue weighted by molar-refractivity contribution is -0.141. The Balaban J connectivity index is 2.18. The van der Waals surface area contributed by atoms with Gasteiger partial charge in [0, 0.05) is 12.6 Å².